The molecule has 1 N–H and O–H groups in total. The van der Waals surface area contributed by atoms with Crippen molar-refractivity contribution in [3.63, 3.8) is 0 Å². The number of hydrogen-bond donors (Lipinski definition) is 1. The molecule has 0 fully saturated rings. The molecular formula is C14H16N4O. The van der Waals surface area contributed by atoms with Gasteiger partial charge in [0.05, 0.1) is 12.2 Å². The smallest absolute Gasteiger partial charge is 0.322 e. The summed E-state index contributed by atoms with van der Waals surface area (Å²) < 4.78 is 1.76. The van der Waals surface area contributed by atoms with Gasteiger partial charge in [0.1, 0.15) is 0 Å². The van der Waals surface area contributed by atoms with Gasteiger partial charge in [-0.2, -0.15) is 5.10 Å². The van der Waals surface area contributed by atoms with Crippen molar-refractivity contribution in [2.75, 3.05) is 11.4 Å². The van der Waals surface area contributed by atoms with E-state index in [-0.39, 0.29) is 6.03 Å². The highest BCUT2D eigenvalue weighted by atomic mass is 16.2. The van der Waals surface area contributed by atoms with Crippen LogP contribution in [0, 0.1) is 0 Å². The van der Waals surface area contributed by atoms with Crippen LogP contribution in [0.1, 0.15) is 11.3 Å². The average Bonchev–Trinajstić information content (AvgIpc) is 3.02. The largest absolute Gasteiger partial charge is 0.332 e. The lowest BCUT2D eigenvalue weighted by molar-refractivity contribution is 0.246. The van der Waals surface area contributed by atoms with Crippen molar-refractivity contribution in [1.29, 1.82) is 0 Å². The number of anilines is 1. The van der Waals surface area contributed by atoms with E-state index in [0.29, 0.717) is 6.54 Å². The topological polar surface area (TPSA) is 50.2 Å². The molecule has 0 bridgehead atoms. The first-order valence-electron chi connectivity index (χ1n) is 6.36. The van der Waals surface area contributed by atoms with Crippen LogP contribution in [-0.2, 0) is 20.0 Å². The minimum Gasteiger partial charge on any atom is -0.332 e. The normalized spacial score (nSPS) is 13.4. The van der Waals surface area contributed by atoms with Crippen LogP contribution < -0.4 is 10.2 Å². The number of carbonyl (C=O) groups is 1. The molecule has 19 heavy (non-hydrogen) atoms. The number of fused-ring (bicyclic) bond motifs is 1. The van der Waals surface area contributed by atoms with E-state index in [1.807, 2.05) is 31.3 Å². The van der Waals surface area contributed by atoms with Crippen LogP contribution in [0.25, 0.3) is 0 Å². The van der Waals surface area contributed by atoms with Crippen LogP contribution in [-0.4, -0.2) is 22.4 Å². The SMILES string of the molecule is Cn1nccc1CNC(=O)N1CCc2ccccc21. The molecule has 0 atom stereocenters. The molecule has 5 nitrogen and oxygen atoms in total. The summed E-state index contributed by atoms with van der Waals surface area (Å²) in [5, 5.41) is 7.01. The summed E-state index contributed by atoms with van der Waals surface area (Å²) in [7, 11) is 1.87. The summed E-state index contributed by atoms with van der Waals surface area (Å²) in [5.74, 6) is 0. The highest BCUT2D eigenvalue weighted by molar-refractivity contribution is 5.94. The summed E-state index contributed by atoms with van der Waals surface area (Å²) in [6.07, 6.45) is 2.65. The zero-order chi connectivity index (χ0) is 13.2. The Morgan fingerprint density at radius 3 is 3.00 bits per heavy atom. The van der Waals surface area contributed by atoms with Crippen molar-refractivity contribution < 1.29 is 4.79 Å². The summed E-state index contributed by atoms with van der Waals surface area (Å²) >= 11 is 0. The summed E-state index contributed by atoms with van der Waals surface area (Å²) in [5.41, 5.74) is 3.24. The highest BCUT2D eigenvalue weighted by Crippen LogP contribution is 2.27. The minimum atomic E-state index is -0.0499. The maximum Gasteiger partial charge on any atom is 0.322 e. The number of hydrogen-bond acceptors (Lipinski definition) is 2. The molecule has 0 radical (unpaired) electrons. The Bertz CT molecular complexity index is 605. The minimum absolute atomic E-state index is 0.0499. The fourth-order valence-electron chi connectivity index (χ4n) is 2.39. The zero-order valence-corrected chi connectivity index (χ0v) is 10.8. The van der Waals surface area contributed by atoms with Crippen LogP contribution in [0.5, 0.6) is 0 Å². The van der Waals surface area contributed by atoms with Crippen molar-refractivity contribution in [2.24, 2.45) is 7.05 Å². The van der Waals surface area contributed by atoms with Crippen LogP contribution in [0.15, 0.2) is 36.5 Å². The van der Waals surface area contributed by atoms with Gasteiger partial charge in [-0.1, -0.05) is 18.2 Å². The maximum absolute atomic E-state index is 12.2. The van der Waals surface area contributed by atoms with E-state index >= 15 is 0 Å². The molecule has 98 valence electrons. The van der Waals surface area contributed by atoms with Gasteiger partial charge >= 0.3 is 6.03 Å². The second kappa shape index (κ2) is 4.76. The molecule has 0 saturated heterocycles. The third-order valence-electron chi connectivity index (χ3n) is 3.48. The Morgan fingerprint density at radius 1 is 1.37 bits per heavy atom. The first-order chi connectivity index (χ1) is 9.25. The van der Waals surface area contributed by atoms with E-state index in [0.717, 1.165) is 24.3 Å². The number of aromatic nitrogens is 2. The Morgan fingerprint density at radius 2 is 2.21 bits per heavy atom. The molecule has 2 heterocycles. The van der Waals surface area contributed by atoms with Crippen LogP contribution in [0.3, 0.4) is 0 Å². The van der Waals surface area contributed by atoms with E-state index in [2.05, 4.69) is 16.5 Å². The van der Waals surface area contributed by atoms with Gasteiger partial charge in [0.2, 0.25) is 0 Å². The van der Waals surface area contributed by atoms with Crippen LogP contribution in [0.2, 0.25) is 0 Å². The first kappa shape index (κ1) is 11.8. The maximum atomic E-state index is 12.2. The predicted octanol–water partition coefficient (Wildman–Crippen LogP) is 1.69. The van der Waals surface area contributed by atoms with Crippen molar-refractivity contribution in [2.45, 2.75) is 13.0 Å². The molecule has 3 rings (SSSR count). The quantitative estimate of drug-likeness (QED) is 0.889. The zero-order valence-electron chi connectivity index (χ0n) is 10.8. The van der Waals surface area contributed by atoms with Crippen molar-refractivity contribution in [1.82, 2.24) is 15.1 Å². The summed E-state index contributed by atoms with van der Waals surface area (Å²) in [4.78, 5) is 14.0. The molecule has 1 aromatic heterocycles. The van der Waals surface area contributed by atoms with Gasteiger partial charge in [0.25, 0.3) is 0 Å². The first-order valence-corrected chi connectivity index (χ1v) is 6.36. The summed E-state index contributed by atoms with van der Waals surface area (Å²) in [6.45, 7) is 1.24. The Labute approximate surface area is 111 Å². The number of urea groups is 1. The Balaban J connectivity index is 1.68. The molecule has 1 aliphatic heterocycles. The van der Waals surface area contributed by atoms with Gasteiger partial charge in [-0.25, -0.2) is 4.79 Å². The van der Waals surface area contributed by atoms with E-state index in [4.69, 9.17) is 0 Å². The van der Waals surface area contributed by atoms with Gasteiger partial charge in [-0.3, -0.25) is 9.58 Å². The second-order valence-corrected chi connectivity index (χ2v) is 4.64. The van der Waals surface area contributed by atoms with E-state index in [1.165, 1.54) is 5.56 Å². The molecule has 2 aromatic rings. The molecule has 0 saturated carbocycles. The molecule has 0 unspecified atom stereocenters. The third-order valence-corrected chi connectivity index (χ3v) is 3.48. The monoisotopic (exact) mass is 256 g/mol. The number of nitrogens with zero attached hydrogens (tertiary/aromatic N) is 3. The molecule has 0 aliphatic carbocycles. The average molecular weight is 256 g/mol. The lowest BCUT2D eigenvalue weighted by Gasteiger charge is -2.18. The van der Waals surface area contributed by atoms with Gasteiger partial charge < -0.3 is 5.32 Å². The van der Waals surface area contributed by atoms with Gasteiger partial charge in [-0.05, 0) is 24.1 Å². The molecular weight excluding hydrogens is 240 g/mol. The number of amides is 2. The number of rotatable bonds is 2. The number of benzene rings is 1. The second-order valence-electron chi connectivity index (χ2n) is 4.64. The molecule has 0 spiro atoms. The van der Waals surface area contributed by atoms with E-state index in [9.17, 15) is 4.79 Å². The Kier molecular flexibility index (Phi) is 2.95. The number of nitrogens with one attached hydrogen (secondary N) is 1. The van der Waals surface area contributed by atoms with Crippen LogP contribution >= 0.6 is 0 Å². The van der Waals surface area contributed by atoms with Crippen molar-refractivity contribution >= 4 is 11.7 Å². The van der Waals surface area contributed by atoms with Crippen molar-refractivity contribution in [3.8, 4) is 0 Å². The number of aryl methyl sites for hydroxylation is 1. The fourth-order valence-corrected chi connectivity index (χ4v) is 2.39. The predicted molar refractivity (Wildman–Crippen MR) is 72.9 cm³/mol. The van der Waals surface area contributed by atoms with E-state index < -0.39 is 0 Å². The van der Waals surface area contributed by atoms with Gasteiger partial charge in [-0.15, -0.1) is 0 Å². The fraction of sp³-hybridized carbons (Fsp3) is 0.286. The van der Waals surface area contributed by atoms with Gasteiger partial charge in [0, 0.05) is 25.5 Å². The van der Waals surface area contributed by atoms with Gasteiger partial charge in [0.15, 0.2) is 0 Å². The number of carbonyl (C=O) groups excluding carboxylic acids is 1. The number of para-hydroxylation sites is 1. The molecule has 1 aromatic carbocycles. The molecule has 5 heteroatoms. The lowest BCUT2D eigenvalue weighted by atomic mass is 10.2. The summed E-state index contributed by atoms with van der Waals surface area (Å²) in [6, 6.07) is 9.89. The van der Waals surface area contributed by atoms with E-state index in [1.54, 1.807) is 15.8 Å². The molecule has 1 aliphatic rings. The molecule has 2 amide bonds. The van der Waals surface area contributed by atoms with Crippen molar-refractivity contribution in [3.05, 3.63) is 47.8 Å². The standard InChI is InChI=1S/C14H16N4O/c1-17-12(6-8-16-17)10-15-14(19)18-9-7-11-4-2-3-5-13(11)18/h2-6,8H,7,9-10H2,1H3,(H,15,19). The Hall–Kier alpha value is -2.30. The van der Waals surface area contributed by atoms with Crippen LogP contribution in [0.4, 0.5) is 10.5 Å². The highest BCUT2D eigenvalue weighted by Gasteiger charge is 2.23. The lowest BCUT2D eigenvalue weighted by Crippen LogP contribution is -2.38. The third kappa shape index (κ3) is 2.19.